The smallest absolute Gasteiger partial charge is 0.247 e. The van der Waals surface area contributed by atoms with Gasteiger partial charge in [-0.2, -0.15) is 0 Å². The number of hydrogen-bond donors (Lipinski definition) is 1. The molecule has 0 aliphatic carbocycles. The van der Waals surface area contributed by atoms with Crippen molar-refractivity contribution in [3.05, 3.63) is 18.2 Å². The molecule has 0 aliphatic heterocycles. The lowest BCUT2D eigenvalue weighted by atomic mass is 9.93. The van der Waals surface area contributed by atoms with E-state index in [-0.39, 0.29) is 0 Å². The largest absolute Gasteiger partial charge is 0.257 e. The SMILES string of the molecule is CCCCCCCCCCCCCCCCCC(C)[n+]1cc[nH]c1C(CCCCCCC)CCCCCCCCC. The molecule has 2 heteroatoms. The first-order valence-electron chi connectivity index (χ1n) is 19.3. The number of aromatic amines is 1. The molecular weight excluding hydrogens is 496 g/mol. The quantitative estimate of drug-likeness (QED) is 0.0653. The summed E-state index contributed by atoms with van der Waals surface area (Å²) in [6.45, 7) is 9.42. The van der Waals surface area contributed by atoms with Crippen LogP contribution < -0.4 is 4.57 Å². The molecule has 0 bridgehead atoms. The lowest BCUT2D eigenvalue weighted by Gasteiger charge is -2.17. The van der Waals surface area contributed by atoms with E-state index in [0.29, 0.717) is 12.0 Å². The molecule has 41 heavy (non-hydrogen) atoms. The molecule has 1 rings (SSSR count). The average Bonchev–Trinajstić information content (AvgIpc) is 3.47. The summed E-state index contributed by atoms with van der Waals surface area (Å²) >= 11 is 0. The Morgan fingerprint density at radius 3 is 1.15 bits per heavy atom. The maximum absolute atomic E-state index is 3.72. The van der Waals surface area contributed by atoms with Gasteiger partial charge in [0.2, 0.25) is 0 Å². The topological polar surface area (TPSA) is 19.7 Å². The summed E-state index contributed by atoms with van der Waals surface area (Å²) in [6.07, 6.45) is 47.2. The third kappa shape index (κ3) is 21.5. The van der Waals surface area contributed by atoms with Crippen LogP contribution in [-0.2, 0) is 0 Å². The van der Waals surface area contributed by atoms with E-state index in [1.807, 2.05) is 0 Å². The number of imidazole rings is 1. The number of hydrogen-bond acceptors (Lipinski definition) is 0. The van der Waals surface area contributed by atoms with Gasteiger partial charge in [-0.3, -0.25) is 0 Å². The standard InChI is InChI=1S/C39H76N2/c1-5-8-11-14-16-17-18-19-20-21-22-23-25-27-29-32-37(4)41-36-35-40-39(41)38(33-30-26-13-10-7-3)34-31-28-24-15-12-9-6-2/h35-38H,5-34H2,1-4H3/p+1. The van der Waals surface area contributed by atoms with Gasteiger partial charge in [0.05, 0.1) is 12.0 Å². The molecule has 0 saturated heterocycles. The summed E-state index contributed by atoms with van der Waals surface area (Å²) in [4.78, 5) is 3.72. The van der Waals surface area contributed by atoms with Gasteiger partial charge in [0.15, 0.2) is 0 Å². The van der Waals surface area contributed by atoms with Crippen LogP contribution in [0.2, 0.25) is 0 Å². The van der Waals surface area contributed by atoms with Gasteiger partial charge in [-0.05, 0) is 32.6 Å². The minimum absolute atomic E-state index is 0.620. The Morgan fingerprint density at radius 1 is 0.463 bits per heavy atom. The molecule has 1 N–H and O–H groups in total. The Kier molecular flexibility index (Phi) is 27.3. The van der Waals surface area contributed by atoms with Gasteiger partial charge in [-0.25, -0.2) is 9.55 Å². The lowest BCUT2D eigenvalue weighted by Crippen LogP contribution is -2.41. The van der Waals surface area contributed by atoms with E-state index in [0.717, 1.165) is 0 Å². The molecule has 0 fully saturated rings. The van der Waals surface area contributed by atoms with Crippen molar-refractivity contribution in [3.63, 3.8) is 0 Å². The molecule has 0 spiro atoms. The third-order valence-corrected chi connectivity index (χ3v) is 9.64. The van der Waals surface area contributed by atoms with Crippen LogP contribution in [-0.4, -0.2) is 4.98 Å². The van der Waals surface area contributed by atoms with E-state index in [4.69, 9.17) is 0 Å². The summed E-state index contributed by atoms with van der Waals surface area (Å²) in [5.41, 5.74) is 0. The zero-order valence-electron chi connectivity index (χ0n) is 29.0. The van der Waals surface area contributed by atoms with E-state index >= 15 is 0 Å². The van der Waals surface area contributed by atoms with Crippen molar-refractivity contribution >= 4 is 0 Å². The monoisotopic (exact) mass is 574 g/mol. The Balaban J connectivity index is 2.27. The number of nitrogens with one attached hydrogen (secondary N) is 1. The van der Waals surface area contributed by atoms with Crippen LogP contribution in [0.3, 0.4) is 0 Å². The highest BCUT2D eigenvalue weighted by molar-refractivity contribution is 4.90. The maximum atomic E-state index is 3.72. The van der Waals surface area contributed by atoms with Crippen LogP contribution in [0.15, 0.2) is 12.4 Å². The Labute approximate surface area is 259 Å². The molecule has 2 unspecified atom stereocenters. The number of H-pyrrole nitrogens is 1. The zero-order chi connectivity index (χ0) is 29.6. The van der Waals surface area contributed by atoms with Gasteiger partial charge in [-0.15, -0.1) is 0 Å². The Bertz CT molecular complexity index is 635. The number of rotatable bonds is 32. The normalized spacial score (nSPS) is 13.2. The van der Waals surface area contributed by atoms with Crippen molar-refractivity contribution in [2.75, 3.05) is 0 Å². The fraction of sp³-hybridized carbons (Fsp3) is 0.923. The van der Waals surface area contributed by atoms with Crippen molar-refractivity contribution in [3.8, 4) is 0 Å². The van der Waals surface area contributed by atoms with E-state index in [1.165, 1.54) is 198 Å². The number of nitrogens with zero attached hydrogens (tertiary/aromatic N) is 1. The maximum Gasteiger partial charge on any atom is 0.257 e. The van der Waals surface area contributed by atoms with Crippen LogP contribution in [0.1, 0.15) is 238 Å². The molecule has 1 heterocycles. The molecule has 242 valence electrons. The van der Waals surface area contributed by atoms with Gasteiger partial charge in [0.1, 0.15) is 12.4 Å². The summed E-state index contributed by atoms with van der Waals surface area (Å²) in [5, 5.41) is 0. The predicted molar refractivity (Wildman–Crippen MR) is 184 cm³/mol. The molecule has 2 atom stereocenters. The van der Waals surface area contributed by atoms with E-state index in [9.17, 15) is 0 Å². The van der Waals surface area contributed by atoms with Crippen LogP contribution in [0.25, 0.3) is 0 Å². The molecule has 0 aromatic carbocycles. The second-order valence-corrected chi connectivity index (χ2v) is 13.6. The van der Waals surface area contributed by atoms with Gasteiger partial charge >= 0.3 is 0 Å². The molecule has 1 aromatic heterocycles. The Morgan fingerprint density at radius 2 is 0.780 bits per heavy atom. The second kappa shape index (κ2) is 29.3. The molecule has 1 aromatic rings. The van der Waals surface area contributed by atoms with Gasteiger partial charge in [0, 0.05) is 0 Å². The Hall–Kier alpha value is -0.790. The number of unbranched alkanes of at least 4 members (excludes halogenated alkanes) is 24. The summed E-state index contributed by atoms with van der Waals surface area (Å²) in [6, 6.07) is 0.620. The summed E-state index contributed by atoms with van der Waals surface area (Å²) in [7, 11) is 0. The van der Waals surface area contributed by atoms with Gasteiger partial charge in [0.25, 0.3) is 5.82 Å². The summed E-state index contributed by atoms with van der Waals surface area (Å²) in [5.74, 6) is 2.24. The highest BCUT2D eigenvalue weighted by atomic mass is 15.1. The second-order valence-electron chi connectivity index (χ2n) is 13.6. The van der Waals surface area contributed by atoms with E-state index < -0.39 is 0 Å². The van der Waals surface area contributed by atoms with Crippen LogP contribution in [0.4, 0.5) is 0 Å². The van der Waals surface area contributed by atoms with Crippen molar-refractivity contribution in [2.45, 2.75) is 232 Å². The van der Waals surface area contributed by atoms with Crippen LogP contribution in [0, 0.1) is 0 Å². The molecule has 0 aliphatic rings. The molecule has 0 amide bonds. The summed E-state index contributed by atoms with van der Waals surface area (Å²) < 4.78 is 2.63. The first kappa shape index (κ1) is 38.2. The lowest BCUT2D eigenvalue weighted by molar-refractivity contribution is -0.727. The first-order valence-corrected chi connectivity index (χ1v) is 19.3. The zero-order valence-corrected chi connectivity index (χ0v) is 29.0. The first-order chi connectivity index (χ1) is 20.2. The molecular formula is C39H77N2+. The van der Waals surface area contributed by atoms with Crippen molar-refractivity contribution < 1.29 is 4.57 Å². The van der Waals surface area contributed by atoms with Crippen molar-refractivity contribution in [1.82, 2.24) is 4.98 Å². The fourth-order valence-electron chi connectivity index (χ4n) is 6.78. The van der Waals surface area contributed by atoms with Crippen LogP contribution in [0.5, 0.6) is 0 Å². The highest BCUT2D eigenvalue weighted by Crippen LogP contribution is 2.27. The molecule has 2 nitrogen and oxygen atoms in total. The van der Waals surface area contributed by atoms with Crippen molar-refractivity contribution in [2.24, 2.45) is 0 Å². The molecule has 0 radical (unpaired) electrons. The average molecular weight is 574 g/mol. The fourth-order valence-corrected chi connectivity index (χ4v) is 6.78. The minimum Gasteiger partial charge on any atom is -0.247 e. The third-order valence-electron chi connectivity index (χ3n) is 9.64. The minimum atomic E-state index is 0.620. The van der Waals surface area contributed by atoms with Gasteiger partial charge in [-0.1, -0.05) is 188 Å². The molecule has 0 saturated carbocycles. The highest BCUT2D eigenvalue weighted by Gasteiger charge is 2.25. The van der Waals surface area contributed by atoms with Crippen LogP contribution >= 0.6 is 0 Å². The predicted octanol–water partition coefficient (Wildman–Crippen LogP) is 13.7. The van der Waals surface area contributed by atoms with E-state index in [2.05, 4.69) is 49.6 Å². The number of aromatic nitrogens is 2. The van der Waals surface area contributed by atoms with E-state index in [1.54, 1.807) is 0 Å². The van der Waals surface area contributed by atoms with Gasteiger partial charge < -0.3 is 0 Å². The van der Waals surface area contributed by atoms with Crippen molar-refractivity contribution in [1.29, 1.82) is 0 Å².